The summed E-state index contributed by atoms with van der Waals surface area (Å²) >= 11 is 0. The van der Waals surface area contributed by atoms with Crippen LogP contribution in [-0.2, 0) is 4.79 Å². The third-order valence-corrected chi connectivity index (χ3v) is 2.76. The molecule has 1 rings (SSSR count). The number of piperidine rings is 1. The van der Waals surface area contributed by atoms with E-state index in [1.54, 1.807) is 6.92 Å². The molecular formula is C9H15NO4. The average molecular weight is 201 g/mol. The van der Waals surface area contributed by atoms with Crippen molar-refractivity contribution in [1.29, 1.82) is 0 Å². The summed E-state index contributed by atoms with van der Waals surface area (Å²) in [4.78, 5) is 22.8. The summed E-state index contributed by atoms with van der Waals surface area (Å²) in [6.07, 6.45) is 1.38. The molecule has 2 N–H and O–H groups in total. The molecule has 14 heavy (non-hydrogen) atoms. The van der Waals surface area contributed by atoms with Gasteiger partial charge in [0.2, 0.25) is 0 Å². The smallest absolute Gasteiger partial charge is 0.407 e. The van der Waals surface area contributed by atoms with Crippen LogP contribution < -0.4 is 0 Å². The standard InChI is InChI=1S/C9H15NO4/c1-6(8(11)12)7-4-2-3-5-10(7)9(13)14/h6-7H,2-5H2,1H3,(H,11,12)(H,13,14). The number of aliphatic carboxylic acids is 1. The van der Waals surface area contributed by atoms with E-state index in [0.29, 0.717) is 13.0 Å². The normalized spacial score (nSPS) is 24.4. The van der Waals surface area contributed by atoms with Crippen LogP contribution in [0.2, 0.25) is 0 Å². The Morgan fingerprint density at radius 1 is 1.36 bits per heavy atom. The molecule has 5 nitrogen and oxygen atoms in total. The molecule has 0 spiro atoms. The lowest BCUT2D eigenvalue weighted by atomic mass is 9.92. The van der Waals surface area contributed by atoms with Gasteiger partial charge in [-0.15, -0.1) is 0 Å². The van der Waals surface area contributed by atoms with Gasteiger partial charge in [0.05, 0.1) is 5.92 Å². The summed E-state index contributed by atoms with van der Waals surface area (Å²) in [5.74, 6) is -1.55. The summed E-state index contributed by atoms with van der Waals surface area (Å²) in [5.41, 5.74) is 0. The largest absolute Gasteiger partial charge is 0.481 e. The van der Waals surface area contributed by atoms with E-state index in [-0.39, 0.29) is 6.04 Å². The number of carbonyl (C=O) groups is 2. The van der Waals surface area contributed by atoms with Crippen molar-refractivity contribution in [3.05, 3.63) is 0 Å². The zero-order chi connectivity index (χ0) is 10.7. The Kier molecular flexibility index (Phi) is 3.33. The van der Waals surface area contributed by atoms with Crippen molar-refractivity contribution >= 4 is 12.1 Å². The minimum absolute atomic E-state index is 0.362. The molecule has 1 amide bonds. The molecule has 0 aliphatic carbocycles. The lowest BCUT2D eigenvalue weighted by Crippen LogP contribution is -2.48. The molecule has 1 aliphatic rings. The minimum atomic E-state index is -1.01. The van der Waals surface area contributed by atoms with Gasteiger partial charge in [-0.2, -0.15) is 0 Å². The Hall–Kier alpha value is -1.26. The van der Waals surface area contributed by atoms with Crippen molar-refractivity contribution < 1.29 is 19.8 Å². The van der Waals surface area contributed by atoms with E-state index >= 15 is 0 Å². The van der Waals surface area contributed by atoms with E-state index in [4.69, 9.17) is 10.2 Å². The van der Waals surface area contributed by atoms with Gasteiger partial charge in [0.25, 0.3) is 0 Å². The lowest BCUT2D eigenvalue weighted by Gasteiger charge is -2.35. The summed E-state index contributed by atoms with van der Waals surface area (Å²) in [7, 11) is 0. The van der Waals surface area contributed by atoms with Crippen LogP contribution in [0.5, 0.6) is 0 Å². The van der Waals surface area contributed by atoms with E-state index in [1.165, 1.54) is 4.90 Å². The van der Waals surface area contributed by atoms with Crippen LogP contribution >= 0.6 is 0 Å². The summed E-state index contributed by atoms with van der Waals surface area (Å²) < 4.78 is 0. The molecule has 5 heteroatoms. The number of nitrogens with zero attached hydrogens (tertiary/aromatic N) is 1. The van der Waals surface area contributed by atoms with Gasteiger partial charge in [-0.3, -0.25) is 4.79 Å². The predicted molar refractivity (Wildman–Crippen MR) is 49.2 cm³/mol. The number of hydrogen-bond acceptors (Lipinski definition) is 2. The van der Waals surface area contributed by atoms with E-state index in [9.17, 15) is 9.59 Å². The van der Waals surface area contributed by atoms with Crippen molar-refractivity contribution in [2.45, 2.75) is 32.2 Å². The van der Waals surface area contributed by atoms with Gasteiger partial charge in [-0.1, -0.05) is 0 Å². The molecule has 2 unspecified atom stereocenters. The van der Waals surface area contributed by atoms with Gasteiger partial charge < -0.3 is 15.1 Å². The Labute approximate surface area is 82.3 Å². The second kappa shape index (κ2) is 4.30. The molecule has 1 saturated heterocycles. The van der Waals surface area contributed by atoms with Crippen LogP contribution in [0.15, 0.2) is 0 Å². The Morgan fingerprint density at radius 2 is 2.00 bits per heavy atom. The van der Waals surface area contributed by atoms with E-state index in [1.807, 2.05) is 0 Å². The van der Waals surface area contributed by atoms with Gasteiger partial charge in [0.1, 0.15) is 0 Å². The van der Waals surface area contributed by atoms with Gasteiger partial charge >= 0.3 is 12.1 Å². The summed E-state index contributed by atoms with van der Waals surface area (Å²) in [5, 5.41) is 17.7. The third kappa shape index (κ3) is 2.16. The quantitative estimate of drug-likeness (QED) is 0.704. The number of hydrogen-bond donors (Lipinski definition) is 2. The monoisotopic (exact) mass is 201 g/mol. The topological polar surface area (TPSA) is 77.8 Å². The summed E-state index contributed by atoms with van der Waals surface area (Å²) in [6, 6.07) is -0.362. The molecule has 1 aliphatic heterocycles. The maximum absolute atomic E-state index is 10.8. The second-order valence-electron chi connectivity index (χ2n) is 3.67. The molecule has 80 valence electrons. The van der Waals surface area contributed by atoms with Gasteiger partial charge in [0, 0.05) is 12.6 Å². The molecule has 0 radical (unpaired) electrons. The van der Waals surface area contributed by atoms with Crippen LogP contribution in [0.25, 0.3) is 0 Å². The number of carboxylic acids is 1. The SMILES string of the molecule is CC(C(=O)O)C1CCCCN1C(=O)O. The first-order valence-electron chi connectivity index (χ1n) is 4.76. The highest BCUT2D eigenvalue weighted by Gasteiger charge is 2.33. The first-order valence-corrected chi connectivity index (χ1v) is 4.76. The highest BCUT2D eigenvalue weighted by Crippen LogP contribution is 2.23. The molecule has 0 aromatic rings. The molecular weight excluding hydrogens is 186 g/mol. The van der Waals surface area contributed by atoms with Gasteiger partial charge in [0.15, 0.2) is 0 Å². The van der Waals surface area contributed by atoms with Crippen LogP contribution in [-0.4, -0.2) is 39.8 Å². The van der Waals surface area contributed by atoms with Crippen LogP contribution in [0, 0.1) is 5.92 Å². The molecule has 0 bridgehead atoms. The number of amides is 1. The molecule has 1 heterocycles. The molecule has 0 saturated carbocycles. The highest BCUT2D eigenvalue weighted by atomic mass is 16.4. The van der Waals surface area contributed by atoms with Crippen LogP contribution in [0.3, 0.4) is 0 Å². The Balaban J connectivity index is 2.72. The van der Waals surface area contributed by atoms with Gasteiger partial charge in [-0.25, -0.2) is 4.79 Å². The maximum atomic E-state index is 10.8. The van der Waals surface area contributed by atoms with E-state index in [2.05, 4.69) is 0 Å². The fourth-order valence-electron chi connectivity index (χ4n) is 1.88. The van der Waals surface area contributed by atoms with E-state index < -0.39 is 18.0 Å². The van der Waals surface area contributed by atoms with Gasteiger partial charge in [-0.05, 0) is 26.2 Å². The first-order chi connectivity index (χ1) is 6.54. The average Bonchev–Trinajstić information content (AvgIpc) is 2.16. The van der Waals surface area contributed by atoms with Crippen molar-refractivity contribution in [3.8, 4) is 0 Å². The zero-order valence-electron chi connectivity index (χ0n) is 8.14. The fourth-order valence-corrected chi connectivity index (χ4v) is 1.88. The van der Waals surface area contributed by atoms with Crippen molar-refractivity contribution in [3.63, 3.8) is 0 Å². The number of carboxylic acid groups (broad SMARTS) is 2. The number of rotatable bonds is 2. The van der Waals surface area contributed by atoms with Crippen LogP contribution in [0.4, 0.5) is 4.79 Å². The second-order valence-corrected chi connectivity index (χ2v) is 3.67. The van der Waals surface area contributed by atoms with E-state index in [0.717, 1.165) is 12.8 Å². The van der Waals surface area contributed by atoms with Crippen LogP contribution in [0.1, 0.15) is 26.2 Å². The molecule has 2 atom stereocenters. The number of likely N-dealkylation sites (tertiary alicyclic amines) is 1. The maximum Gasteiger partial charge on any atom is 0.407 e. The van der Waals surface area contributed by atoms with Crippen molar-refractivity contribution in [1.82, 2.24) is 4.90 Å². The zero-order valence-corrected chi connectivity index (χ0v) is 8.14. The highest BCUT2D eigenvalue weighted by molar-refractivity contribution is 5.72. The first kappa shape index (κ1) is 10.8. The van der Waals surface area contributed by atoms with Crippen molar-refractivity contribution in [2.24, 2.45) is 5.92 Å². The van der Waals surface area contributed by atoms with Crippen molar-refractivity contribution in [2.75, 3.05) is 6.54 Å². The predicted octanol–water partition coefficient (Wildman–Crippen LogP) is 1.24. The Morgan fingerprint density at radius 3 is 2.50 bits per heavy atom. The lowest BCUT2D eigenvalue weighted by molar-refractivity contribution is -0.143. The summed E-state index contributed by atoms with van der Waals surface area (Å²) in [6.45, 7) is 2.02. The fraction of sp³-hybridized carbons (Fsp3) is 0.778. The minimum Gasteiger partial charge on any atom is -0.481 e. The molecule has 0 aromatic heterocycles. The Bertz CT molecular complexity index is 241. The molecule has 0 aromatic carbocycles. The third-order valence-electron chi connectivity index (χ3n) is 2.76. The molecule has 1 fully saturated rings.